The van der Waals surface area contributed by atoms with Gasteiger partial charge in [-0.3, -0.25) is 5.10 Å². The van der Waals surface area contributed by atoms with Crippen molar-refractivity contribution < 1.29 is 4.74 Å². The molecule has 2 rings (SSSR count). The van der Waals surface area contributed by atoms with Crippen LogP contribution in [-0.4, -0.2) is 26.8 Å². The van der Waals surface area contributed by atoms with E-state index < -0.39 is 0 Å². The second kappa shape index (κ2) is 4.27. The Morgan fingerprint density at radius 1 is 1.53 bits per heavy atom. The molecule has 2 aromatic heterocycles. The van der Waals surface area contributed by atoms with Gasteiger partial charge >= 0.3 is 0 Å². The highest BCUT2D eigenvalue weighted by Gasteiger charge is 2.08. The summed E-state index contributed by atoms with van der Waals surface area (Å²) in [5.41, 5.74) is 0.573. The minimum atomic E-state index is 0.139. The number of nitrogens with zero attached hydrogens (tertiary/aromatic N) is 3. The van der Waals surface area contributed by atoms with Crippen LogP contribution in [0.2, 0.25) is 5.28 Å². The van der Waals surface area contributed by atoms with Crippen LogP contribution in [0.25, 0.3) is 11.0 Å². The Morgan fingerprint density at radius 3 is 3.20 bits per heavy atom. The van der Waals surface area contributed by atoms with Gasteiger partial charge in [-0.05, 0) is 18.0 Å². The molecule has 0 atom stereocenters. The maximum atomic E-state index is 5.72. The van der Waals surface area contributed by atoms with E-state index in [2.05, 4.69) is 26.7 Å². The Balaban J connectivity index is 2.31. The van der Waals surface area contributed by atoms with E-state index in [0.717, 1.165) is 11.8 Å². The van der Waals surface area contributed by atoms with Crippen molar-refractivity contribution in [3.63, 3.8) is 0 Å². The second-order valence-corrected chi connectivity index (χ2v) is 3.19. The number of fused-ring (bicyclic) bond motifs is 1. The molecule has 2 aromatic rings. The molecule has 15 heavy (non-hydrogen) atoms. The van der Waals surface area contributed by atoms with E-state index in [4.69, 9.17) is 16.3 Å². The van der Waals surface area contributed by atoms with Gasteiger partial charge in [0.2, 0.25) is 11.2 Å². The fraction of sp³-hybridized carbons (Fsp3) is 0.222. The molecule has 0 saturated carbocycles. The third-order valence-electron chi connectivity index (χ3n) is 1.81. The molecule has 0 fully saturated rings. The van der Waals surface area contributed by atoms with Gasteiger partial charge in [0.25, 0.3) is 0 Å². The van der Waals surface area contributed by atoms with Crippen molar-refractivity contribution in [1.82, 2.24) is 20.2 Å². The van der Waals surface area contributed by atoms with Crippen molar-refractivity contribution in [2.45, 2.75) is 6.42 Å². The Morgan fingerprint density at radius 2 is 2.40 bits per heavy atom. The maximum absolute atomic E-state index is 5.72. The highest BCUT2D eigenvalue weighted by Crippen LogP contribution is 2.21. The first-order valence-electron chi connectivity index (χ1n) is 4.41. The molecule has 0 spiro atoms. The topological polar surface area (TPSA) is 63.7 Å². The molecular weight excluding hydrogens is 216 g/mol. The van der Waals surface area contributed by atoms with Crippen molar-refractivity contribution in [3.8, 4) is 5.88 Å². The number of ether oxygens (including phenoxy) is 1. The van der Waals surface area contributed by atoms with Crippen LogP contribution in [-0.2, 0) is 0 Å². The lowest BCUT2D eigenvalue weighted by molar-refractivity contribution is 0.316. The number of hydrogen-bond donors (Lipinski definition) is 1. The summed E-state index contributed by atoms with van der Waals surface area (Å²) in [6, 6.07) is 0. The van der Waals surface area contributed by atoms with Crippen LogP contribution in [0.1, 0.15) is 6.42 Å². The summed E-state index contributed by atoms with van der Waals surface area (Å²) in [5, 5.41) is 7.42. The third-order valence-corrected chi connectivity index (χ3v) is 1.98. The van der Waals surface area contributed by atoms with E-state index in [0.29, 0.717) is 18.1 Å². The highest BCUT2D eigenvalue weighted by atomic mass is 35.5. The van der Waals surface area contributed by atoms with Crippen molar-refractivity contribution in [3.05, 3.63) is 24.1 Å². The summed E-state index contributed by atoms with van der Waals surface area (Å²) in [6.45, 7) is 4.12. The van der Waals surface area contributed by atoms with Crippen molar-refractivity contribution in [2.75, 3.05) is 6.61 Å². The Hall–Kier alpha value is -1.62. The predicted molar refractivity (Wildman–Crippen MR) is 57.0 cm³/mol. The van der Waals surface area contributed by atoms with Crippen LogP contribution < -0.4 is 4.74 Å². The number of H-pyrrole nitrogens is 1. The smallest absolute Gasteiger partial charge is 0.229 e. The van der Waals surface area contributed by atoms with E-state index in [1.54, 1.807) is 12.3 Å². The summed E-state index contributed by atoms with van der Waals surface area (Å²) in [4.78, 5) is 7.94. The monoisotopic (exact) mass is 224 g/mol. The molecule has 2 heterocycles. The molecule has 78 valence electrons. The number of nitrogens with one attached hydrogen (secondary N) is 1. The summed E-state index contributed by atoms with van der Waals surface area (Å²) < 4.78 is 5.43. The van der Waals surface area contributed by atoms with Gasteiger partial charge in [0.1, 0.15) is 5.39 Å². The SMILES string of the molecule is C=CCCOc1nc(Cl)nc2[nH]ncc12. The summed E-state index contributed by atoms with van der Waals surface area (Å²) in [7, 11) is 0. The molecule has 5 nitrogen and oxygen atoms in total. The molecule has 0 aliphatic heterocycles. The first-order valence-corrected chi connectivity index (χ1v) is 4.79. The Labute approximate surface area is 91.1 Å². The van der Waals surface area contributed by atoms with Crippen LogP contribution in [0.5, 0.6) is 5.88 Å². The minimum absolute atomic E-state index is 0.139. The predicted octanol–water partition coefficient (Wildman–Crippen LogP) is 1.96. The van der Waals surface area contributed by atoms with Gasteiger partial charge in [-0.2, -0.15) is 15.1 Å². The van der Waals surface area contributed by atoms with Gasteiger partial charge in [-0.1, -0.05) is 6.08 Å². The van der Waals surface area contributed by atoms with E-state index in [1.165, 1.54) is 0 Å². The number of halogens is 1. The largest absolute Gasteiger partial charge is 0.477 e. The molecule has 0 aromatic carbocycles. The lowest BCUT2D eigenvalue weighted by atomic mass is 10.4. The van der Waals surface area contributed by atoms with E-state index in [9.17, 15) is 0 Å². The van der Waals surface area contributed by atoms with E-state index >= 15 is 0 Å². The van der Waals surface area contributed by atoms with Crippen molar-refractivity contribution >= 4 is 22.6 Å². The van der Waals surface area contributed by atoms with Crippen LogP contribution in [0.3, 0.4) is 0 Å². The Kier molecular flexibility index (Phi) is 2.82. The molecule has 0 amide bonds. The average molecular weight is 225 g/mol. The van der Waals surface area contributed by atoms with Gasteiger partial charge in [-0.15, -0.1) is 6.58 Å². The summed E-state index contributed by atoms with van der Waals surface area (Å²) in [6.07, 6.45) is 4.13. The van der Waals surface area contributed by atoms with Gasteiger partial charge in [0.05, 0.1) is 12.8 Å². The zero-order valence-electron chi connectivity index (χ0n) is 7.90. The molecule has 6 heteroatoms. The molecule has 0 unspecified atom stereocenters. The molecule has 0 saturated heterocycles. The number of hydrogen-bond acceptors (Lipinski definition) is 4. The van der Waals surface area contributed by atoms with E-state index in [1.807, 2.05) is 0 Å². The molecule has 0 aliphatic rings. The molecule has 0 aliphatic carbocycles. The third kappa shape index (κ3) is 2.07. The molecule has 0 radical (unpaired) electrons. The van der Waals surface area contributed by atoms with Crippen LogP contribution in [0.4, 0.5) is 0 Å². The normalized spacial score (nSPS) is 10.5. The summed E-state index contributed by atoms with van der Waals surface area (Å²) >= 11 is 5.72. The van der Waals surface area contributed by atoms with E-state index in [-0.39, 0.29) is 5.28 Å². The lowest BCUT2D eigenvalue weighted by Crippen LogP contribution is -1.99. The zero-order valence-corrected chi connectivity index (χ0v) is 8.66. The standard InChI is InChI=1S/C9H9ClN4O/c1-2-3-4-15-8-6-5-11-14-7(6)12-9(10)13-8/h2,5H,1,3-4H2,(H,11,12,13,14). The first-order chi connectivity index (χ1) is 7.31. The minimum Gasteiger partial charge on any atom is -0.477 e. The summed E-state index contributed by atoms with van der Waals surface area (Å²) in [5.74, 6) is 0.445. The lowest BCUT2D eigenvalue weighted by Gasteiger charge is -2.03. The maximum Gasteiger partial charge on any atom is 0.229 e. The molecule has 0 bridgehead atoms. The van der Waals surface area contributed by atoms with Crippen molar-refractivity contribution in [2.24, 2.45) is 0 Å². The number of rotatable bonds is 4. The number of aromatic nitrogens is 4. The highest BCUT2D eigenvalue weighted by molar-refractivity contribution is 6.28. The van der Waals surface area contributed by atoms with Crippen LogP contribution in [0, 0.1) is 0 Å². The fourth-order valence-electron chi connectivity index (χ4n) is 1.13. The molecule has 1 N–H and O–H groups in total. The van der Waals surface area contributed by atoms with Gasteiger partial charge in [0.15, 0.2) is 5.65 Å². The zero-order chi connectivity index (χ0) is 10.7. The molecular formula is C9H9ClN4O. The van der Waals surface area contributed by atoms with Crippen LogP contribution in [0.15, 0.2) is 18.9 Å². The average Bonchev–Trinajstić information content (AvgIpc) is 2.65. The quantitative estimate of drug-likeness (QED) is 0.490. The first kappa shape index (κ1) is 9.92. The van der Waals surface area contributed by atoms with Gasteiger partial charge in [-0.25, -0.2) is 0 Å². The Bertz CT molecular complexity index is 482. The van der Waals surface area contributed by atoms with Crippen LogP contribution >= 0.6 is 11.6 Å². The van der Waals surface area contributed by atoms with Crippen molar-refractivity contribution in [1.29, 1.82) is 0 Å². The van der Waals surface area contributed by atoms with Gasteiger partial charge < -0.3 is 4.74 Å². The van der Waals surface area contributed by atoms with Gasteiger partial charge in [0, 0.05) is 0 Å². The second-order valence-electron chi connectivity index (χ2n) is 2.86. The number of aromatic amines is 1. The fourth-order valence-corrected chi connectivity index (χ4v) is 1.29.